The number of aromatic hydroxyl groups is 1. The lowest BCUT2D eigenvalue weighted by Crippen LogP contribution is -2.19. The molecule has 1 aliphatic rings. The van der Waals surface area contributed by atoms with Gasteiger partial charge in [-0.2, -0.15) is 0 Å². The van der Waals surface area contributed by atoms with Crippen LogP contribution in [0.2, 0.25) is 0 Å². The molecule has 0 saturated heterocycles. The monoisotopic (exact) mass is 250 g/mol. The molecule has 1 aromatic heterocycles. The highest BCUT2D eigenvalue weighted by Gasteiger charge is 2.44. The van der Waals surface area contributed by atoms with Crippen molar-refractivity contribution in [3.8, 4) is 5.75 Å². The minimum atomic E-state index is -0.0905. The molecule has 1 aromatic rings. The molecule has 0 bridgehead atoms. The third-order valence-electron chi connectivity index (χ3n) is 4.01. The van der Waals surface area contributed by atoms with Crippen LogP contribution in [-0.2, 0) is 13.2 Å². The molecule has 100 valence electrons. The van der Waals surface area contributed by atoms with Crippen molar-refractivity contribution in [2.75, 3.05) is 6.54 Å². The van der Waals surface area contributed by atoms with Crippen LogP contribution in [-0.4, -0.2) is 21.7 Å². The molecule has 1 aliphatic carbocycles. The Labute approximate surface area is 108 Å². The van der Waals surface area contributed by atoms with Crippen molar-refractivity contribution >= 4 is 0 Å². The standard InChI is InChI=1S/C14H22N2O2/c1-9-13(18)12(10(8-17)5-16-9)7-15-6-11-4-14(11,2)3/h5,11,15,17-18H,4,6-8H2,1-3H3. The lowest BCUT2D eigenvalue weighted by molar-refractivity contribution is 0.278. The lowest BCUT2D eigenvalue weighted by atomic mass is 10.1. The third kappa shape index (κ3) is 2.65. The summed E-state index contributed by atoms with van der Waals surface area (Å²) in [4.78, 5) is 4.05. The summed E-state index contributed by atoms with van der Waals surface area (Å²) in [5, 5.41) is 22.6. The number of rotatable bonds is 5. The van der Waals surface area contributed by atoms with Crippen LogP contribution in [0.1, 0.15) is 37.1 Å². The molecular formula is C14H22N2O2. The van der Waals surface area contributed by atoms with Crippen LogP contribution in [0.5, 0.6) is 5.75 Å². The van der Waals surface area contributed by atoms with Crippen LogP contribution in [0.4, 0.5) is 0 Å². The van der Waals surface area contributed by atoms with Gasteiger partial charge in [-0.3, -0.25) is 4.98 Å². The molecule has 0 aromatic carbocycles. The molecule has 0 aliphatic heterocycles. The Morgan fingerprint density at radius 3 is 2.72 bits per heavy atom. The fourth-order valence-corrected chi connectivity index (χ4v) is 2.31. The minimum Gasteiger partial charge on any atom is -0.506 e. The van der Waals surface area contributed by atoms with Gasteiger partial charge in [0.25, 0.3) is 0 Å². The first kappa shape index (κ1) is 13.3. The summed E-state index contributed by atoms with van der Waals surface area (Å²) in [6.07, 6.45) is 2.89. The van der Waals surface area contributed by atoms with E-state index in [2.05, 4.69) is 24.1 Å². The second-order valence-corrected chi connectivity index (χ2v) is 5.87. The van der Waals surface area contributed by atoms with Gasteiger partial charge in [-0.05, 0) is 31.2 Å². The number of aromatic nitrogens is 1. The van der Waals surface area contributed by atoms with E-state index in [0.29, 0.717) is 23.2 Å². The van der Waals surface area contributed by atoms with E-state index < -0.39 is 0 Å². The number of nitrogens with zero attached hydrogens (tertiary/aromatic N) is 1. The van der Waals surface area contributed by atoms with Crippen LogP contribution < -0.4 is 5.32 Å². The summed E-state index contributed by atoms with van der Waals surface area (Å²) < 4.78 is 0. The fourth-order valence-electron chi connectivity index (χ4n) is 2.31. The quantitative estimate of drug-likeness (QED) is 0.744. The number of hydrogen-bond donors (Lipinski definition) is 3. The zero-order valence-corrected chi connectivity index (χ0v) is 11.3. The highest BCUT2D eigenvalue weighted by atomic mass is 16.3. The summed E-state index contributed by atoms with van der Waals surface area (Å²) in [5.41, 5.74) is 2.53. The van der Waals surface area contributed by atoms with E-state index in [-0.39, 0.29) is 12.4 Å². The number of aryl methyl sites for hydroxylation is 1. The number of hydrogen-bond acceptors (Lipinski definition) is 4. The van der Waals surface area contributed by atoms with Gasteiger partial charge in [0, 0.05) is 23.9 Å². The van der Waals surface area contributed by atoms with Gasteiger partial charge in [0.05, 0.1) is 12.3 Å². The Morgan fingerprint density at radius 2 is 2.17 bits per heavy atom. The molecule has 1 saturated carbocycles. The van der Waals surface area contributed by atoms with Gasteiger partial charge < -0.3 is 15.5 Å². The lowest BCUT2D eigenvalue weighted by Gasteiger charge is -2.12. The zero-order chi connectivity index (χ0) is 13.3. The van der Waals surface area contributed by atoms with Gasteiger partial charge in [-0.1, -0.05) is 13.8 Å². The van der Waals surface area contributed by atoms with Crippen molar-refractivity contribution in [2.24, 2.45) is 11.3 Å². The largest absolute Gasteiger partial charge is 0.506 e. The summed E-state index contributed by atoms with van der Waals surface area (Å²) >= 11 is 0. The Kier molecular flexibility index (Phi) is 3.59. The summed E-state index contributed by atoms with van der Waals surface area (Å²) in [7, 11) is 0. The Morgan fingerprint density at radius 1 is 1.50 bits per heavy atom. The highest BCUT2D eigenvalue weighted by molar-refractivity contribution is 5.40. The average molecular weight is 250 g/mol. The zero-order valence-electron chi connectivity index (χ0n) is 11.3. The molecule has 2 rings (SSSR count). The Hall–Kier alpha value is -1.13. The van der Waals surface area contributed by atoms with E-state index in [1.54, 1.807) is 13.1 Å². The van der Waals surface area contributed by atoms with Gasteiger partial charge in [-0.25, -0.2) is 0 Å². The number of aliphatic hydroxyl groups excluding tert-OH is 1. The summed E-state index contributed by atoms with van der Waals surface area (Å²) in [5.74, 6) is 0.921. The predicted molar refractivity (Wildman–Crippen MR) is 70.2 cm³/mol. The molecular weight excluding hydrogens is 228 g/mol. The maximum absolute atomic E-state index is 9.98. The summed E-state index contributed by atoms with van der Waals surface area (Å²) in [6.45, 7) is 7.76. The van der Waals surface area contributed by atoms with E-state index in [0.717, 1.165) is 18.0 Å². The van der Waals surface area contributed by atoms with E-state index >= 15 is 0 Å². The average Bonchev–Trinajstić information content (AvgIpc) is 2.92. The normalized spacial score (nSPS) is 21.0. The van der Waals surface area contributed by atoms with Crippen LogP contribution in [0, 0.1) is 18.3 Å². The van der Waals surface area contributed by atoms with Crippen molar-refractivity contribution in [1.82, 2.24) is 10.3 Å². The van der Waals surface area contributed by atoms with Crippen molar-refractivity contribution in [3.05, 3.63) is 23.0 Å². The van der Waals surface area contributed by atoms with Crippen molar-refractivity contribution < 1.29 is 10.2 Å². The molecule has 4 nitrogen and oxygen atoms in total. The number of nitrogens with one attached hydrogen (secondary N) is 1. The number of pyridine rings is 1. The van der Waals surface area contributed by atoms with Gasteiger partial charge in [-0.15, -0.1) is 0 Å². The molecule has 0 amide bonds. The van der Waals surface area contributed by atoms with Crippen molar-refractivity contribution in [1.29, 1.82) is 0 Å². The van der Waals surface area contributed by atoms with Gasteiger partial charge in [0.2, 0.25) is 0 Å². The van der Waals surface area contributed by atoms with E-state index in [1.165, 1.54) is 6.42 Å². The van der Waals surface area contributed by atoms with Crippen molar-refractivity contribution in [2.45, 2.75) is 40.3 Å². The number of aliphatic hydroxyl groups is 1. The molecule has 1 heterocycles. The summed E-state index contributed by atoms with van der Waals surface area (Å²) in [6, 6.07) is 0. The van der Waals surface area contributed by atoms with Crippen LogP contribution >= 0.6 is 0 Å². The predicted octanol–water partition coefficient (Wildman–Crippen LogP) is 1.72. The maximum atomic E-state index is 9.98. The highest BCUT2D eigenvalue weighted by Crippen LogP contribution is 2.51. The SMILES string of the molecule is Cc1ncc(CO)c(CNCC2CC2(C)C)c1O. The molecule has 18 heavy (non-hydrogen) atoms. The van der Waals surface area contributed by atoms with Gasteiger partial charge in [0.1, 0.15) is 5.75 Å². The molecule has 3 N–H and O–H groups in total. The molecule has 4 heteroatoms. The molecule has 0 spiro atoms. The maximum Gasteiger partial charge on any atom is 0.141 e. The van der Waals surface area contributed by atoms with Crippen LogP contribution in [0.25, 0.3) is 0 Å². The molecule has 1 atom stereocenters. The van der Waals surface area contributed by atoms with Gasteiger partial charge >= 0.3 is 0 Å². The second kappa shape index (κ2) is 4.86. The van der Waals surface area contributed by atoms with E-state index in [9.17, 15) is 10.2 Å². The third-order valence-corrected chi connectivity index (χ3v) is 4.01. The topological polar surface area (TPSA) is 65.4 Å². The minimum absolute atomic E-state index is 0.0905. The smallest absolute Gasteiger partial charge is 0.141 e. The molecule has 0 radical (unpaired) electrons. The fraction of sp³-hybridized carbons (Fsp3) is 0.643. The Bertz CT molecular complexity index is 444. The van der Waals surface area contributed by atoms with Crippen LogP contribution in [0.15, 0.2) is 6.20 Å². The van der Waals surface area contributed by atoms with E-state index in [1.807, 2.05) is 0 Å². The molecule has 1 fully saturated rings. The second-order valence-electron chi connectivity index (χ2n) is 5.87. The molecule has 1 unspecified atom stereocenters. The first-order chi connectivity index (χ1) is 8.45. The van der Waals surface area contributed by atoms with Crippen LogP contribution in [0.3, 0.4) is 0 Å². The van der Waals surface area contributed by atoms with Crippen molar-refractivity contribution in [3.63, 3.8) is 0 Å². The van der Waals surface area contributed by atoms with E-state index in [4.69, 9.17) is 0 Å². The Balaban J connectivity index is 1.98. The van der Waals surface area contributed by atoms with Gasteiger partial charge in [0.15, 0.2) is 0 Å². The first-order valence-electron chi connectivity index (χ1n) is 6.43. The first-order valence-corrected chi connectivity index (χ1v) is 6.43.